The van der Waals surface area contributed by atoms with Crippen LogP contribution in [-0.4, -0.2) is 25.2 Å². The summed E-state index contributed by atoms with van der Waals surface area (Å²) in [5.74, 6) is -0.340. The highest BCUT2D eigenvalue weighted by Gasteiger charge is 2.13. The summed E-state index contributed by atoms with van der Waals surface area (Å²) in [5, 5.41) is 0. The first-order valence-corrected chi connectivity index (χ1v) is 8.16. The van der Waals surface area contributed by atoms with Gasteiger partial charge in [0.25, 0.3) is 0 Å². The van der Waals surface area contributed by atoms with E-state index in [2.05, 4.69) is 6.92 Å². The highest BCUT2D eigenvalue weighted by Crippen LogP contribution is 2.13. The standard InChI is InChI=1S/C17H32O4/c1-5-6-7-10-13-20-15(18)11-8-9-12-16(19)21-14-17(2,3)4/h5-14H2,1-4H3. The van der Waals surface area contributed by atoms with E-state index < -0.39 is 0 Å². The molecule has 0 fully saturated rings. The van der Waals surface area contributed by atoms with Crippen molar-refractivity contribution in [3.05, 3.63) is 0 Å². The van der Waals surface area contributed by atoms with Gasteiger partial charge in [0.1, 0.15) is 0 Å². The van der Waals surface area contributed by atoms with E-state index in [1.807, 2.05) is 20.8 Å². The SMILES string of the molecule is CCCCCCOC(=O)CCCCC(=O)OCC(C)(C)C. The Morgan fingerprint density at radius 3 is 1.90 bits per heavy atom. The largest absolute Gasteiger partial charge is 0.466 e. The fraction of sp³-hybridized carbons (Fsp3) is 0.882. The van der Waals surface area contributed by atoms with E-state index in [9.17, 15) is 9.59 Å². The Morgan fingerprint density at radius 2 is 1.38 bits per heavy atom. The van der Waals surface area contributed by atoms with E-state index in [-0.39, 0.29) is 17.4 Å². The summed E-state index contributed by atoms with van der Waals surface area (Å²) in [4.78, 5) is 22.9. The Hall–Kier alpha value is -1.06. The molecule has 0 amide bonds. The maximum atomic E-state index is 11.5. The monoisotopic (exact) mass is 300 g/mol. The maximum Gasteiger partial charge on any atom is 0.305 e. The highest BCUT2D eigenvalue weighted by molar-refractivity contribution is 5.70. The molecule has 0 aromatic carbocycles. The molecule has 0 radical (unpaired) electrons. The second kappa shape index (κ2) is 11.6. The molecule has 21 heavy (non-hydrogen) atoms. The predicted molar refractivity (Wildman–Crippen MR) is 84.0 cm³/mol. The van der Waals surface area contributed by atoms with Crippen LogP contribution < -0.4 is 0 Å². The molecule has 0 aliphatic rings. The molecule has 124 valence electrons. The Labute approximate surface area is 129 Å². The molecule has 0 rings (SSSR count). The van der Waals surface area contributed by atoms with Crippen LogP contribution >= 0.6 is 0 Å². The van der Waals surface area contributed by atoms with Crippen molar-refractivity contribution in [3.8, 4) is 0 Å². The minimum absolute atomic E-state index is 0.00274. The number of esters is 2. The molecule has 0 saturated carbocycles. The summed E-state index contributed by atoms with van der Waals surface area (Å²) in [6, 6.07) is 0. The molecule has 0 aliphatic carbocycles. The van der Waals surface area contributed by atoms with Crippen molar-refractivity contribution in [2.45, 2.75) is 79.1 Å². The number of carbonyl (C=O) groups excluding carboxylic acids is 2. The molecule has 0 aliphatic heterocycles. The van der Waals surface area contributed by atoms with Crippen molar-refractivity contribution < 1.29 is 19.1 Å². The first kappa shape index (κ1) is 19.9. The molecular weight excluding hydrogens is 268 g/mol. The first-order valence-electron chi connectivity index (χ1n) is 8.16. The minimum atomic E-state index is -0.183. The Bertz CT molecular complexity index is 292. The molecule has 4 nitrogen and oxygen atoms in total. The van der Waals surface area contributed by atoms with Crippen molar-refractivity contribution >= 4 is 11.9 Å². The van der Waals surface area contributed by atoms with Gasteiger partial charge >= 0.3 is 11.9 Å². The van der Waals surface area contributed by atoms with Gasteiger partial charge in [-0.05, 0) is 24.7 Å². The van der Waals surface area contributed by atoms with Crippen molar-refractivity contribution in [2.24, 2.45) is 5.41 Å². The summed E-state index contributed by atoms with van der Waals surface area (Å²) in [7, 11) is 0. The van der Waals surface area contributed by atoms with Gasteiger partial charge in [-0.1, -0.05) is 47.0 Å². The normalized spacial score (nSPS) is 11.2. The number of rotatable bonds is 11. The minimum Gasteiger partial charge on any atom is -0.466 e. The second-order valence-electron chi connectivity index (χ2n) is 6.71. The fourth-order valence-electron chi connectivity index (χ4n) is 1.69. The molecule has 0 saturated heterocycles. The van der Waals surface area contributed by atoms with Gasteiger partial charge in [-0.3, -0.25) is 9.59 Å². The predicted octanol–water partition coefficient (Wildman–Crippen LogP) is 4.26. The zero-order chi connectivity index (χ0) is 16.1. The average molecular weight is 300 g/mol. The third-order valence-corrected chi connectivity index (χ3v) is 2.94. The van der Waals surface area contributed by atoms with Gasteiger partial charge in [-0.25, -0.2) is 0 Å². The Balaban J connectivity index is 3.45. The zero-order valence-electron chi connectivity index (χ0n) is 14.2. The van der Waals surface area contributed by atoms with Crippen LogP contribution in [-0.2, 0) is 19.1 Å². The summed E-state index contributed by atoms with van der Waals surface area (Å²) in [6.07, 6.45) is 6.54. The van der Waals surface area contributed by atoms with Gasteiger partial charge in [0.2, 0.25) is 0 Å². The molecule has 0 aromatic heterocycles. The van der Waals surface area contributed by atoms with Crippen LogP contribution in [0.25, 0.3) is 0 Å². The molecular formula is C17H32O4. The van der Waals surface area contributed by atoms with E-state index >= 15 is 0 Å². The number of unbranched alkanes of at least 4 members (excludes halogenated alkanes) is 4. The molecule has 0 unspecified atom stereocenters. The van der Waals surface area contributed by atoms with Crippen molar-refractivity contribution in [3.63, 3.8) is 0 Å². The maximum absolute atomic E-state index is 11.5. The molecule has 0 aromatic rings. The molecule has 0 atom stereocenters. The second-order valence-corrected chi connectivity index (χ2v) is 6.71. The van der Waals surface area contributed by atoms with Gasteiger partial charge in [-0.15, -0.1) is 0 Å². The smallest absolute Gasteiger partial charge is 0.305 e. The van der Waals surface area contributed by atoms with Crippen LogP contribution in [0.5, 0.6) is 0 Å². The number of hydrogen-bond donors (Lipinski definition) is 0. The van der Waals surface area contributed by atoms with E-state index in [4.69, 9.17) is 9.47 Å². The van der Waals surface area contributed by atoms with Crippen LogP contribution in [0.2, 0.25) is 0 Å². The topological polar surface area (TPSA) is 52.6 Å². The zero-order valence-corrected chi connectivity index (χ0v) is 14.2. The molecule has 0 heterocycles. The number of hydrogen-bond acceptors (Lipinski definition) is 4. The van der Waals surface area contributed by atoms with E-state index in [1.165, 1.54) is 12.8 Å². The van der Waals surface area contributed by atoms with E-state index in [0.717, 1.165) is 12.8 Å². The number of ether oxygens (including phenoxy) is 2. The van der Waals surface area contributed by atoms with Crippen molar-refractivity contribution in [2.75, 3.05) is 13.2 Å². The van der Waals surface area contributed by atoms with Crippen LogP contribution in [0.4, 0.5) is 0 Å². The summed E-state index contributed by atoms with van der Waals surface area (Å²) >= 11 is 0. The third kappa shape index (κ3) is 15.2. The van der Waals surface area contributed by atoms with Crippen LogP contribution in [0.3, 0.4) is 0 Å². The van der Waals surface area contributed by atoms with Crippen LogP contribution in [0.15, 0.2) is 0 Å². The third-order valence-electron chi connectivity index (χ3n) is 2.94. The summed E-state index contributed by atoms with van der Waals surface area (Å²) in [6.45, 7) is 9.18. The van der Waals surface area contributed by atoms with Gasteiger partial charge in [0.15, 0.2) is 0 Å². The first-order chi connectivity index (χ1) is 9.85. The number of carbonyl (C=O) groups is 2. The lowest BCUT2D eigenvalue weighted by atomic mass is 9.99. The Kier molecular flexibility index (Phi) is 11.0. The van der Waals surface area contributed by atoms with Gasteiger partial charge in [-0.2, -0.15) is 0 Å². The highest BCUT2D eigenvalue weighted by atomic mass is 16.5. The van der Waals surface area contributed by atoms with Gasteiger partial charge < -0.3 is 9.47 Å². The van der Waals surface area contributed by atoms with Crippen LogP contribution in [0.1, 0.15) is 79.1 Å². The van der Waals surface area contributed by atoms with E-state index in [1.54, 1.807) is 0 Å². The lowest BCUT2D eigenvalue weighted by Gasteiger charge is -2.17. The lowest BCUT2D eigenvalue weighted by molar-refractivity contribution is -0.147. The molecule has 4 heteroatoms. The fourth-order valence-corrected chi connectivity index (χ4v) is 1.69. The average Bonchev–Trinajstić information content (AvgIpc) is 2.40. The summed E-state index contributed by atoms with van der Waals surface area (Å²) in [5.41, 5.74) is -0.00274. The summed E-state index contributed by atoms with van der Waals surface area (Å²) < 4.78 is 10.3. The van der Waals surface area contributed by atoms with Crippen molar-refractivity contribution in [1.29, 1.82) is 0 Å². The van der Waals surface area contributed by atoms with Gasteiger partial charge in [0, 0.05) is 12.8 Å². The van der Waals surface area contributed by atoms with E-state index in [0.29, 0.717) is 38.9 Å². The molecule has 0 spiro atoms. The quantitative estimate of drug-likeness (QED) is 0.422. The molecule has 0 N–H and O–H groups in total. The van der Waals surface area contributed by atoms with Gasteiger partial charge in [0.05, 0.1) is 13.2 Å². The van der Waals surface area contributed by atoms with Crippen molar-refractivity contribution in [1.82, 2.24) is 0 Å². The molecule has 0 bridgehead atoms. The van der Waals surface area contributed by atoms with Crippen LogP contribution in [0, 0.1) is 5.41 Å². The Morgan fingerprint density at radius 1 is 0.810 bits per heavy atom. The lowest BCUT2D eigenvalue weighted by Crippen LogP contribution is -2.18.